The zero-order valence-electron chi connectivity index (χ0n) is 8.18. The van der Waals surface area contributed by atoms with Gasteiger partial charge in [0.1, 0.15) is 0 Å². The normalized spacial score (nSPS) is 9.86. The molecule has 0 spiro atoms. The first kappa shape index (κ1) is 15.8. The predicted molar refractivity (Wildman–Crippen MR) is 54.4 cm³/mol. The average Bonchev–Trinajstić information content (AvgIpc) is 2.04. The summed E-state index contributed by atoms with van der Waals surface area (Å²) in [7, 11) is -4.17. The molecule has 0 bridgehead atoms. The molecule has 6 heteroatoms. The van der Waals surface area contributed by atoms with Crippen LogP contribution in [0, 0.1) is 0 Å². The lowest BCUT2D eigenvalue weighted by Gasteiger charge is -1.89. The van der Waals surface area contributed by atoms with Crippen molar-refractivity contribution in [1.82, 2.24) is 0 Å². The second kappa shape index (κ2) is 10.4. The SMILES string of the molecule is C=CCOCC=C.CCOS(=O)(=O)O. The van der Waals surface area contributed by atoms with Crippen molar-refractivity contribution in [1.29, 1.82) is 0 Å². The zero-order chi connectivity index (χ0) is 11.4. The molecule has 0 saturated heterocycles. The van der Waals surface area contributed by atoms with Gasteiger partial charge in [0.05, 0.1) is 19.8 Å². The van der Waals surface area contributed by atoms with E-state index in [9.17, 15) is 8.42 Å². The third kappa shape index (κ3) is 22.5. The third-order valence-corrected chi connectivity index (χ3v) is 1.27. The van der Waals surface area contributed by atoms with Gasteiger partial charge in [0.25, 0.3) is 0 Å². The van der Waals surface area contributed by atoms with E-state index >= 15 is 0 Å². The van der Waals surface area contributed by atoms with Crippen molar-refractivity contribution < 1.29 is 21.9 Å². The summed E-state index contributed by atoms with van der Waals surface area (Å²) >= 11 is 0. The van der Waals surface area contributed by atoms with Crippen LogP contribution in [0.5, 0.6) is 0 Å². The molecule has 0 heterocycles. The van der Waals surface area contributed by atoms with E-state index in [-0.39, 0.29) is 6.61 Å². The van der Waals surface area contributed by atoms with E-state index in [4.69, 9.17) is 9.29 Å². The van der Waals surface area contributed by atoms with Gasteiger partial charge in [0.2, 0.25) is 0 Å². The Morgan fingerprint density at radius 3 is 1.86 bits per heavy atom. The van der Waals surface area contributed by atoms with Crippen molar-refractivity contribution in [3.8, 4) is 0 Å². The zero-order valence-corrected chi connectivity index (χ0v) is 9.00. The summed E-state index contributed by atoms with van der Waals surface area (Å²) < 4.78 is 35.5. The van der Waals surface area contributed by atoms with Crippen LogP contribution < -0.4 is 0 Å². The van der Waals surface area contributed by atoms with E-state index in [1.165, 1.54) is 6.92 Å². The fourth-order valence-corrected chi connectivity index (χ4v) is 0.681. The minimum absolute atomic E-state index is 0.0289. The minimum atomic E-state index is -4.17. The van der Waals surface area contributed by atoms with Gasteiger partial charge in [-0.2, -0.15) is 8.42 Å². The number of hydrogen-bond donors (Lipinski definition) is 1. The second-order valence-electron chi connectivity index (χ2n) is 1.95. The maximum atomic E-state index is 9.56. The minimum Gasteiger partial charge on any atom is -0.373 e. The van der Waals surface area contributed by atoms with Gasteiger partial charge in [0, 0.05) is 0 Å². The summed E-state index contributed by atoms with van der Waals surface area (Å²) in [6.45, 7) is 9.62. The second-order valence-corrected chi connectivity index (χ2v) is 3.04. The van der Waals surface area contributed by atoms with Crippen molar-refractivity contribution in [2.24, 2.45) is 0 Å². The van der Waals surface area contributed by atoms with E-state index in [1.54, 1.807) is 12.2 Å². The molecule has 0 aliphatic heterocycles. The van der Waals surface area contributed by atoms with E-state index in [1.807, 2.05) is 0 Å². The lowest BCUT2D eigenvalue weighted by atomic mass is 10.6. The van der Waals surface area contributed by atoms with Gasteiger partial charge in [-0.1, -0.05) is 12.2 Å². The van der Waals surface area contributed by atoms with Crippen LogP contribution >= 0.6 is 0 Å². The van der Waals surface area contributed by atoms with Gasteiger partial charge in [-0.15, -0.1) is 13.2 Å². The molecule has 0 fully saturated rings. The molecule has 0 radical (unpaired) electrons. The Morgan fingerprint density at radius 1 is 1.29 bits per heavy atom. The maximum Gasteiger partial charge on any atom is 0.397 e. The van der Waals surface area contributed by atoms with Crippen molar-refractivity contribution in [3.63, 3.8) is 0 Å². The van der Waals surface area contributed by atoms with E-state index < -0.39 is 10.4 Å². The van der Waals surface area contributed by atoms with Gasteiger partial charge >= 0.3 is 10.4 Å². The Labute approximate surface area is 85.0 Å². The van der Waals surface area contributed by atoms with Gasteiger partial charge < -0.3 is 4.74 Å². The van der Waals surface area contributed by atoms with E-state index in [0.717, 1.165) is 0 Å². The highest BCUT2D eigenvalue weighted by Gasteiger charge is 1.98. The summed E-state index contributed by atoms with van der Waals surface area (Å²) in [6.07, 6.45) is 3.42. The fraction of sp³-hybridized carbons (Fsp3) is 0.500. The van der Waals surface area contributed by atoms with E-state index in [2.05, 4.69) is 17.3 Å². The summed E-state index contributed by atoms with van der Waals surface area (Å²) in [5.41, 5.74) is 0. The predicted octanol–water partition coefficient (Wildman–Crippen LogP) is 1.20. The Balaban J connectivity index is 0. The van der Waals surface area contributed by atoms with Crippen molar-refractivity contribution in [2.45, 2.75) is 6.92 Å². The highest BCUT2D eigenvalue weighted by atomic mass is 32.3. The third-order valence-electron chi connectivity index (χ3n) is 0.738. The highest BCUT2D eigenvalue weighted by Crippen LogP contribution is 1.81. The fourth-order valence-electron chi connectivity index (χ4n) is 0.384. The molecule has 0 aromatic heterocycles. The topological polar surface area (TPSA) is 72.8 Å². The van der Waals surface area contributed by atoms with Crippen LogP contribution in [-0.2, 0) is 19.3 Å². The van der Waals surface area contributed by atoms with Crippen LogP contribution in [0.15, 0.2) is 25.3 Å². The largest absolute Gasteiger partial charge is 0.397 e. The molecule has 0 aromatic rings. The van der Waals surface area contributed by atoms with Crippen molar-refractivity contribution >= 4 is 10.4 Å². The summed E-state index contributed by atoms with van der Waals surface area (Å²) in [6, 6.07) is 0. The first-order chi connectivity index (χ1) is 6.47. The van der Waals surface area contributed by atoms with Crippen LogP contribution in [0.3, 0.4) is 0 Å². The van der Waals surface area contributed by atoms with Crippen LogP contribution in [0.2, 0.25) is 0 Å². The van der Waals surface area contributed by atoms with Gasteiger partial charge in [-0.05, 0) is 6.92 Å². The summed E-state index contributed by atoms with van der Waals surface area (Å²) in [5, 5.41) is 0. The molecule has 0 aromatic carbocycles. The van der Waals surface area contributed by atoms with E-state index in [0.29, 0.717) is 13.2 Å². The lowest BCUT2D eigenvalue weighted by molar-refractivity contribution is 0.194. The van der Waals surface area contributed by atoms with Crippen LogP contribution in [0.1, 0.15) is 6.92 Å². The van der Waals surface area contributed by atoms with Gasteiger partial charge in [0.15, 0.2) is 0 Å². The first-order valence-electron chi connectivity index (χ1n) is 3.89. The van der Waals surface area contributed by atoms with Gasteiger partial charge in [-0.3, -0.25) is 4.55 Å². The van der Waals surface area contributed by atoms with Crippen LogP contribution in [0.4, 0.5) is 0 Å². The molecule has 1 N–H and O–H groups in total. The Bertz CT molecular complexity index is 224. The molecule has 0 atom stereocenters. The Morgan fingerprint density at radius 2 is 1.71 bits per heavy atom. The molecule has 5 nitrogen and oxygen atoms in total. The maximum absolute atomic E-state index is 9.56. The number of ether oxygens (including phenoxy) is 1. The number of hydrogen-bond acceptors (Lipinski definition) is 4. The highest BCUT2D eigenvalue weighted by molar-refractivity contribution is 7.80. The standard InChI is InChI=1S/C6H10O.C2H6O4S/c1-3-5-7-6-4-2;1-2-6-7(3,4)5/h3-4H,1-2,5-6H2;2H2,1H3,(H,3,4,5). The van der Waals surface area contributed by atoms with Crippen molar-refractivity contribution in [3.05, 3.63) is 25.3 Å². The van der Waals surface area contributed by atoms with Crippen molar-refractivity contribution in [2.75, 3.05) is 19.8 Å². The van der Waals surface area contributed by atoms with Crippen LogP contribution in [0.25, 0.3) is 0 Å². The van der Waals surface area contributed by atoms with Crippen LogP contribution in [-0.4, -0.2) is 32.8 Å². The quantitative estimate of drug-likeness (QED) is 0.417. The monoisotopic (exact) mass is 224 g/mol. The molecule has 0 aliphatic carbocycles. The summed E-state index contributed by atoms with van der Waals surface area (Å²) in [5.74, 6) is 0. The molecule has 0 aliphatic rings. The first-order valence-corrected chi connectivity index (χ1v) is 5.25. The Kier molecular flexibility index (Phi) is 11.7. The molecule has 14 heavy (non-hydrogen) atoms. The molecule has 0 rings (SSSR count). The summed E-state index contributed by atoms with van der Waals surface area (Å²) in [4.78, 5) is 0. The molecular weight excluding hydrogens is 208 g/mol. The average molecular weight is 224 g/mol. The van der Waals surface area contributed by atoms with Gasteiger partial charge in [-0.25, -0.2) is 4.18 Å². The lowest BCUT2D eigenvalue weighted by Crippen LogP contribution is -2.01. The Hall–Kier alpha value is -0.690. The molecule has 84 valence electrons. The molecule has 0 unspecified atom stereocenters. The molecule has 0 amide bonds. The molecular formula is C8H16O5S. The molecule has 0 saturated carbocycles. The number of rotatable bonds is 6. The smallest absolute Gasteiger partial charge is 0.373 e.